The maximum atomic E-state index is 12.5. The number of hydrogen-bond acceptors (Lipinski definition) is 4. The number of aromatic amines is 1. The van der Waals surface area contributed by atoms with Crippen LogP contribution in [0, 0.1) is 20.8 Å². The highest BCUT2D eigenvalue weighted by atomic mass is 32.2. The van der Waals surface area contributed by atoms with Crippen molar-refractivity contribution in [2.75, 3.05) is 13.7 Å². The van der Waals surface area contributed by atoms with E-state index in [2.05, 4.69) is 14.7 Å². The first kappa shape index (κ1) is 16.5. The summed E-state index contributed by atoms with van der Waals surface area (Å²) in [5, 5.41) is 0. The van der Waals surface area contributed by atoms with E-state index in [9.17, 15) is 8.42 Å². The van der Waals surface area contributed by atoms with Gasteiger partial charge in [0.15, 0.2) is 0 Å². The number of rotatable bonds is 6. The molecule has 0 atom stereocenters. The van der Waals surface area contributed by atoms with Crippen LogP contribution in [0.1, 0.15) is 22.6 Å². The summed E-state index contributed by atoms with van der Waals surface area (Å²) in [5.74, 6) is 1.17. The van der Waals surface area contributed by atoms with Gasteiger partial charge in [-0.05, 0) is 44.0 Å². The Balaban J connectivity index is 2.14. The molecule has 1 aromatic heterocycles. The maximum absolute atomic E-state index is 12.5. The van der Waals surface area contributed by atoms with E-state index in [4.69, 9.17) is 4.74 Å². The zero-order valence-corrected chi connectivity index (χ0v) is 14.0. The molecule has 2 rings (SSSR count). The highest BCUT2D eigenvalue weighted by Crippen LogP contribution is 2.27. The third-order valence-electron chi connectivity index (χ3n) is 3.51. The number of nitrogens with one attached hydrogen (secondary N) is 2. The first-order valence-electron chi connectivity index (χ1n) is 6.99. The largest absolute Gasteiger partial charge is 0.495 e. The Bertz CT molecular complexity index is 766. The topological polar surface area (TPSA) is 84.1 Å². The van der Waals surface area contributed by atoms with E-state index < -0.39 is 10.0 Å². The van der Waals surface area contributed by atoms with E-state index in [1.54, 1.807) is 18.3 Å². The molecule has 0 spiro atoms. The molecule has 0 unspecified atom stereocenters. The zero-order chi connectivity index (χ0) is 16.3. The number of aromatic nitrogens is 2. The van der Waals surface area contributed by atoms with E-state index >= 15 is 0 Å². The monoisotopic (exact) mass is 323 g/mol. The van der Waals surface area contributed by atoms with Gasteiger partial charge in [0.25, 0.3) is 0 Å². The highest BCUT2D eigenvalue weighted by Gasteiger charge is 2.20. The Labute approximate surface area is 131 Å². The van der Waals surface area contributed by atoms with Gasteiger partial charge in [0, 0.05) is 24.9 Å². The normalized spacial score (nSPS) is 11.6. The summed E-state index contributed by atoms with van der Waals surface area (Å²) in [7, 11) is -2.15. The summed E-state index contributed by atoms with van der Waals surface area (Å²) >= 11 is 0. The van der Waals surface area contributed by atoms with Crippen molar-refractivity contribution in [2.24, 2.45) is 0 Å². The lowest BCUT2D eigenvalue weighted by atomic mass is 10.1. The summed E-state index contributed by atoms with van der Waals surface area (Å²) in [4.78, 5) is 7.32. The van der Waals surface area contributed by atoms with Crippen LogP contribution in [0.2, 0.25) is 0 Å². The lowest BCUT2D eigenvalue weighted by Gasteiger charge is -2.13. The van der Waals surface area contributed by atoms with Crippen molar-refractivity contribution >= 4 is 10.0 Å². The van der Waals surface area contributed by atoms with Gasteiger partial charge in [-0.1, -0.05) is 0 Å². The van der Waals surface area contributed by atoms with Gasteiger partial charge in [-0.2, -0.15) is 0 Å². The zero-order valence-electron chi connectivity index (χ0n) is 13.2. The van der Waals surface area contributed by atoms with Crippen molar-refractivity contribution in [3.05, 3.63) is 41.0 Å². The van der Waals surface area contributed by atoms with Gasteiger partial charge in [-0.25, -0.2) is 18.1 Å². The molecular weight excluding hydrogens is 302 g/mol. The molecule has 1 aromatic carbocycles. The molecule has 2 aromatic rings. The lowest BCUT2D eigenvalue weighted by Crippen LogP contribution is -2.26. The minimum absolute atomic E-state index is 0.166. The van der Waals surface area contributed by atoms with Crippen molar-refractivity contribution in [1.82, 2.24) is 14.7 Å². The third-order valence-corrected chi connectivity index (χ3v) is 4.99. The van der Waals surface area contributed by atoms with Crippen molar-refractivity contribution in [3.8, 4) is 5.75 Å². The second-order valence-electron chi connectivity index (χ2n) is 5.23. The van der Waals surface area contributed by atoms with Crippen LogP contribution in [0.4, 0.5) is 0 Å². The second kappa shape index (κ2) is 6.50. The molecule has 0 saturated heterocycles. The van der Waals surface area contributed by atoms with Crippen LogP contribution in [0.15, 0.2) is 23.2 Å². The molecular formula is C15H21N3O3S. The molecule has 2 N–H and O–H groups in total. The number of methoxy groups -OCH3 is 1. The fourth-order valence-corrected chi connectivity index (χ4v) is 3.39. The Morgan fingerprint density at radius 2 is 1.91 bits per heavy atom. The molecule has 0 amide bonds. The molecule has 0 aliphatic heterocycles. The highest BCUT2D eigenvalue weighted by molar-refractivity contribution is 7.89. The Morgan fingerprint density at radius 1 is 1.23 bits per heavy atom. The first-order chi connectivity index (χ1) is 10.3. The van der Waals surface area contributed by atoms with Gasteiger partial charge in [0.2, 0.25) is 10.0 Å². The molecule has 120 valence electrons. The molecule has 0 bridgehead atoms. The molecule has 6 nitrogen and oxygen atoms in total. The van der Waals surface area contributed by atoms with Gasteiger partial charge in [0.05, 0.1) is 7.11 Å². The second-order valence-corrected chi connectivity index (χ2v) is 6.96. The van der Waals surface area contributed by atoms with Crippen molar-refractivity contribution in [1.29, 1.82) is 0 Å². The fraction of sp³-hybridized carbons (Fsp3) is 0.400. The predicted octanol–water partition coefficient (Wildman–Crippen LogP) is 1.86. The van der Waals surface area contributed by atoms with Crippen LogP contribution in [0.5, 0.6) is 5.75 Å². The number of aryl methyl sites for hydroxylation is 3. The van der Waals surface area contributed by atoms with Gasteiger partial charge >= 0.3 is 0 Å². The number of ether oxygens (including phenoxy) is 1. The number of sulfonamides is 1. The Morgan fingerprint density at radius 3 is 2.50 bits per heavy atom. The van der Waals surface area contributed by atoms with Crippen molar-refractivity contribution < 1.29 is 13.2 Å². The first-order valence-corrected chi connectivity index (χ1v) is 8.47. The van der Waals surface area contributed by atoms with Crippen LogP contribution < -0.4 is 9.46 Å². The van der Waals surface area contributed by atoms with E-state index in [0.29, 0.717) is 18.7 Å². The van der Waals surface area contributed by atoms with Crippen LogP contribution in [0.25, 0.3) is 0 Å². The minimum Gasteiger partial charge on any atom is -0.495 e. The third kappa shape index (κ3) is 3.66. The number of H-pyrrole nitrogens is 1. The number of hydrogen-bond donors (Lipinski definition) is 2. The van der Waals surface area contributed by atoms with E-state index in [1.807, 2.05) is 20.8 Å². The Hall–Kier alpha value is -1.86. The molecule has 7 heteroatoms. The van der Waals surface area contributed by atoms with Crippen molar-refractivity contribution in [2.45, 2.75) is 32.1 Å². The Kier molecular flexibility index (Phi) is 4.87. The van der Waals surface area contributed by atoms with Crippen molar-refractivity contribution in [3.63, 3.8) is 0 Å². The molecule has 0 aliphatic rings. The molecule has 0 fully saturated rings. The number of nitrogens with zero attached hydrogens (tertiary/aromatic N) is 1. The van der Waals surface area contributed by atoms with Gasteiger partial charge in [-0.15, -0.1) is 0 Å². The molecule has 0 radical (unpaired) electrons. The average Bonchev–Trinajstić information content (AvgIpc) is 2.86. The van der Waals surface area contributed by atoms with E-state index in [0.717, 1.165) is 22.6 Å². The van der Waals surface area contributed by atoms with Gasteiger partial charge in [-0.3, -0.25) is 0 Å². The standard InChI is InChI=1S/C15H21N3O3S/c1-10-7-14(21-4)15(8-11(10)2)22(19,20)17-6-5-13-9-16-12(3)18-13/h7-9,17H,5-6H2,1-4H3,(H,16,18). The minimum atomic E-state index is -3.61. The van der Waals surface area contributed by atoms with Gasteiger partial charge < -0.3 is 9.72 Å². The summed E-state index contributed by atoms with van der Waals surface area (Å²) in [6, 6.07) is 3.37. The van der Waals surface area contributed by atoms with Crippen LogP contribution in [-0.2, 0) is 16.4 Å². The summed E-state index contributed by atoms with van der Waals surface area (Å²) < 4.78 is 32.7. The molecule has 0 aliphatic carbocycles. The molecule has 22 heavy (non-hydrogen) atoms. The van der Waals surface area contributed by atoms with Crippen LogP contribution in [-0.4, -0.2) is 32.0 Å². The quantitative estimate of drug-likeness (QED) is 0.850. The number of benzene rings is 1. The van der Waals surface area contributed by atoms with E-state index in [1.165, 1.54) is 7.11 Å². The molecule has 0 saturated carbocycles. The maximum Gasteiger partial charge on any atom is 0.244 e. The van der Waals surface area contributed by atoms with Gasteiger partial charge in [0.1, 0.15) is 16.5 Å². The average molecular weight is 323 g/mol. The van der Waals surface area contributed by atoms with E-state index in [-0.39, 0.29) is 4.90 Å². The van der Waals surface area contributed by atoms with Crippen LogP contribution in [0.3, 0.4) is 0 Å². The lowest BCUT2D eigenvalue weighted by molar-refractivity contribution is 0.402. The fourth-order valence-electron chi connectivity index (χ4n) is 2.13. The number of imidazole rings is 1. The summed E-state index contributed by atoms with van der Waals surface area (Å²) in [5.41, 5.74) is 2.79. The summed E-state index contributed by atoms with van der Waals surface area (Å²) in [6.45, 7) is 5.94. The SMILES string of the molecule is COc1cc(C)c(C)cc1S(=O)(=O)NCCc1cnc(C)[nH]1. The molecule has 1 heterocycles. The smallest absolute Gasteiger partial charge is 0.244 e. The van der Waals surface area contributed by atoms with Crippen LogP contribution >= 0.6 is 0 Å². The summed E-state index contributed by atoms with van der Waals surface area (Å²) in [6.07, 6.45) is 2.26. The predicted molar refractivity (Wildman–Crippen MR) is 84.7 cm³/mol.